The molecule has 2 amide bonds. The molecule has 10 nitrogen and oxygen atoms in total. The second-order valence-electron chi connectivity index (χ2n) is 8.98. The van der Waals surface area contributed by atoms with Crippen LogP contribution in [0.25, 0.3) is 0 Å². The highest BCUT2D eigenvalue weighted by Gasteiger charge is 2.25. The molecule has 0 saturated carbocycles. The number of hydrogen-bond acceptors (Lipinski definition) is 8. The standard InChI is InChI=1S/C23H33F2N7O3/c1-7-8-17(12(2)29-22(34)35-23(3,4)5)31-21-16(25)10-14(18(26)33)19(32-21)30-13-9-15(24)20(27-6)28-11-13/h9-12,17H,7-8H2,1-6H3,(H2,26,33)(H,27,28)(H,29,34)(H2,30,31,32)/t12-,17+/m0/s1. The average molecular weight is 494 g/mol. The summed E-state index contributed by atoms with van der Waals surface area (Å²) in [5, 5.41) is 11.1. The molecule has 0 aliphatic carbocycles. The van der Waals surface area contributed by atoms with Crippen molar-refractivity contribution in [2.75, 3.05) is 23.0 Å². The van der Waals surface area contributed by atoms with Crippen LogP contribution in [0.15, 0.2) is 18.3 Å². The lowest BCUT2D eigenvalue weighted by Gasteiger charge is -2.28. The summed E-state index contributed by atoms with van der Waals surface area (Å²) in [5.74, 6) is -2.59. The summed E-state index contributed by atoms with van der Waals surface area (Å²) >= 11 is 0. The fourth-order valence-electron chi connectivity index (χ4n) is 3.23. The van der Waals surface area contributed by atoms with Gasteiger partial charge in [0.15, 0.2) is 23.3 Å². The molecular weight excluding hydrogens is 460 g/mol. The number of hydrogen-bond donors (Lipinski definition) is 5. The molecule has 0 radical (unpaired) electrons. The number of pyridine rings is 2. The molecule has 2 heterocycles. The van der Waals surface area contributed by atoms with E-state index in [1.54, 1.807) is 27.7 Å². The van der Waals surface area contributed by atoms with Gasteiger partial charge in [-0.25, -0.2) is 23.5 Å². The molecular formula is C23H33F2N7O3. The number of carbonyl (C=O) groups excluding carboxylic acids is 2. The van der Waals surface area contributed by atoms with Crippen LogP contribution in [-0.2, 0) is 4.74 Å². The fraction of sp³-hybridized carbons (Fsp3) is 0.478. The van der Waals surface area contributed by atoms with Gasteiger partial charge in [0.05, 0.1) is 17.4 Å². The molecule has 2 aromatic heterocycles. The summed E-state index contributed by atoms with van der Waals surface area (Å²) < 4.78 is 34.3. The first-order valence-electron chi connectivity index (χ1n) is 11.2. The summed E-state index contributed by atoms with van der Waals surface area (Å²) in [5.41, 5.74) is 4.68. The number of ether oxygens (including phenoxy) is 1. The molecule has 0 aromatic carbocycles. The van der Waals surface area contributed by atoms with E-state index >= 15 is 0 Å². The molecule has 2 rings (SSSR count). The zero-order valence-corrected chi connectivity index (χ0v) is 20.8. The first-order valence-corrected chi connectivity index (χ1v) is 11.2. The monoisotopic (exact) mass is 493 g/mol. The maximum Gasteiger partial charge on any atom is 0.407 e. The number of amides is 2. The lowest BCUT2D eigenvalue weighted by Crippen LogP contribution is -2.46. The number of halogens is 2. The Balaban J connectivity index is 2.33. The summed E-state index contributed by atoms with van der Waals surface area (Å²) in [6.07, 6.45) is 2.02. The molecule has 35 heavy (non-hydrogen) atoms. The highest BCUT2D eigenvalue weighted by Crippen LogP contribution is 2.26. The van der Waals surface area contributed by atoms with Crippen LogP contribution in [0.4, 0.5) is 36.7 Å². The van der Waals surface area contributed by atoms with Gasteiger partial charge in [0.1, 0.15) is 11.4 Å². The van der Waals surface area contributed by atoms with Crippen molar-refractivity contribution in [1.82, 2.24) is 15.3 Å². The molecule has 12 heteroatoms. The Labute approximate surface area is 203 Å². The maximum absolute atomic E-state index is 14.9. The van der Waals surface area contributed by atoms with E-state index in [1.165, 1.54) is 13.2 Å². The van der Waals surface area contributed by atoms with Crippen LogP contribution in [0.2, 0.25) is 0 Å². The van der Waals surface area contributed by atoms with Crippen molar-refractivity contribution in [3.63, 3.8) is 0 Å². The van der Waals surface area contributed by atoms with Gasteiger partial charge in [-0.3, -0.25) is 4.79 Å². The molecule has 0 bridgehead atoms. The Hall–Kier alpha value is -3.70. The Morgan fingerprint density at radius 2 is 1.80 bits per heavy atom. The van der Waals surface area contributed by atoms with Gasteiger partial charge in [-0.05, 0) is 40.2 Å². The molecule has 0 aliphatic heterocycles. The van der Waals surface area contributed by atoms with E-state index in [2.05, 4.69) is 31.2 Å². The van der Waals surface area contributed by atoms with Crippen molar-refractivity contribution < 1.29 is 23.1 Å². The van der Waals surface area contributed by atoms with Crippen LogP contribution in [0, 0.1) is 11.6 Å². The van der Waals surface area contributed by atoms with Gasteiger partial charge in [-0.1, -0.05) is 13.3 Å². The maximum atomic E-state index is 14.9. The van der Waals surface area contributed by atoms with Crippen LogP contribution in [-0.4, -0.2) is 46.7 Å². The lowest BCUT2D eigenvalue weighted by molar-refractivity contribution is 0.0502. The summed E-state index contributed by atoms with van der Waals surface area (Å²) in [7, 11) is 1.52. The molecule has 0 spiro atoms. The van der Waals surface area contributed by atoms with Crippen molar-refractivity contribution in [1.29, 1.82) is 0 Å². The van der Waals surface area contributed by atoms with Crippen LogP contribution in [0.5, 0.6) is 0 Å². The third-order valence-electron chi connectivity index (χ3n) is 4.85. The van der Waals surface area contributed by atoms with Crippen molar-refractivity contribution in [3.8, 4) is 0 Å². The SMILES string of the molecule is CCC[C@@H](Nc1nc(Nc2cnc(NC)c(F)c2)c(C(N)=O)cc1F)[C@H](C)NC(=O)OC(C)(C)C. The predicted molar refractivity (Wildman–Crippen MR) is 131 cm³/mol. The number of nitrogens with one attached hydrogen (secondary N) is 4. The van der Waals surface area contributed by atoms with E-state index in [-0.39, 0.29) is 28.7 Å². The highest BCUT2D eigenvalue weighted by atomic mass is 19.1. The van der Waals surface area contributed by atoms with E-state index < -0.39 is 41.3 Å². The zero-order valence-electron chi connectivity index (χ0n) is 20.8. The Morgan fingerprint density at radius 3 is 2.34 bits per heavy atom. The molecule has 2 aromatic rings. The summed E-state index contributed by atoms with van der Waals surface area (Å²) in [4.78, 5) is 32.2. The highest BCUT2D eigenvalue weighted by molar-refractivity contribution is 5.98. The minimum absolute atomic E-state index is 0.0361. The second-order valence-corrected chi connectivity index (χ2v) is 8.98. The van der Waals surface area contributed by atoms with E-state index in [0.29, 0.717) is 6.42 Å². The van der Waals surface area contributed by atoms with E-state index in [9.17, 15) is 18.4 Å². The first kappa shape index (κ1) is 27.5. The van der Waals surface area contributed by atoms with E-state index in [1.807, 2.05) is 6.92 Å². The second kappa shape index (κ2) is 11.6. The Bertz CT molecular complexity index is 1060. The number of aromatic nitrogens is 2. The van der Waals surface area contributed by atoms with Crippen molar-refractivity contribution >= 4 is 35.1 Å². The van der Waals surface area contributed by atoms with Gasteiger partial charge in [0, 0.05) is 25.2 Å². The Kier molecular flexibility index (Phi) is 9.15. The van der Waals surface area contributed by atoms with Crippen LogP contribution in [0.1, 0.15) is 57.8 Å². The third-order valence-corrected chi connectivity index (χ3v) is 4.85. The number of nitrogens with zero attached hydrogens (tertiary/aromatic N) is 2. The summed E-state index contributed by atoms with van der Waals surface area (Å²) in [6.45, 7) is 8.95. The number of alkyl carbamates (subject to hydrolysis) is 1. The Morgan fingerprint density at radius 1 is 1.14 bits per heavy atom. The number of rotatable bonds is 10. The van der Waals surface area contributed by atoms with Crippen molar-refractivity contribution in [2.45, 2.75) is 65.1 Å². The molecule has 192 valence electrons. The smallest absolute Gasteiger partial charge is 0.407 e. The third kappa shape index (κ3) is 7.94. The molecule has 2 atom stereocenters. The zero-order chi connectivity index (χ0) is 26.3. The minimum Gasteiger partial charge on any atom is -0.444 e. The van der Waals surface area contributed by atoms with Crippen molar-refractivity contribution in [3.05, 3.63) is 35.5 Å². The largest absolute Gasteiger partial charge is 0.444 e. The molecule has 0 saturated heterocycles. The quantitative estimate of drug-likeness (QED) is 0.332. The van der Waals surface area contributed by atoms with Crippen molar-refractivity contribution in [2.24, 2.45) is 5.73 Å². The number of primary amides is 1. The van der Waals surface area contributed by atoms with E-state index in [0.717, 1.165) is 18.6 Å². The molecule has 0 aliphatic rings. The van der Waals surface area contributed by atoms with Gasteiger partial charge in [-0.2, -0.15) is 0 Å². The van der Waals surface area contributed by atoms with Gasteiger partial charge < -0.3 is 31.7 Å². The fourth-order valence-corrected chi connectivity index (χ4v) is 3.23. The predicted octanol–water partition coefficient (Wildman–Crippen LogP) is 4.13. The van der Waals surface area contributed by atoms with E-state index in [4.69, 9.17) is 10.5 Å². The first-order chi connectivity index (χ1) is 16.3. The molecule has 6 N–H and O–H groups in total. The average Bonchev–Trinajstić information content (AvgIpc) is 2.73. The van der Waals surface area contributed by atoms with Crippen LogP contribution < -0.4 is 27.0 Å². The van der Waals surface area contributed by atoms with Gasteiger partial charge >= 0.3 is 6.09 Å². The molecule has 0 unspecified atom stereocenters. The number of nitrogens with two attached hydrogens (primary N) is 1. The van der Waals surface area contributed by atoms with Gasteiger partial charge in [0.2, 0.25) is 0 Å². The topological polar surface area (TPSA) is 143 Å². The summed E-state index contributed by atoms with van der Waals surface area (Å²) in [6, 6.07) is 1.22. The van der Waals surface area contributed by atoms with Crippen LogP contribution in [0.3, 0.4) is 0 Å². The number of anilines is 4. The lowest BCUT2D eigenvalue weighted by atomic mass is 10.0. The minimum atomic E-state index is -0.921. The number of carbonyl (C=O) groups is 2. The molecule has 0 fully saturated rings. The van der Waals surface area contributed by atoms with Gasteiger partial charge in [0.25, 0.3) is 5.91 Å². The van der Waals surface area contributed by atoms with Crippen LogP contribution >= 0.6 is 0 Å². The normalized spacial score (nSPS) is 12.9. The van der Waals surface area contributed by atoms with Gasteiger partial charge in [-0.15, -0.1) is 0 Å².